The zero-order valence-corrected chi connectivity index (χ0v) is 13.8. The number of ether oxygens (including phenoxy) is 1. The Kier molecular flexibility index (Phi) is 4.48. The van der Waals surface area contributed by atoms with Gasteiger partial charge in [0.05, 0.1) is 18.5 Å². The number of pyridine rings is 1. The number of anilines is 1. The van der Waals surface area contributed by atoms with Gasteiger partial charge in [-0.25, -0.2) is 4.98 Å². The molecule has 2 heterocycles. The lowest BCUT2D eigenvalue weighted by Crippen LogP contribution is -2.12. The number of halogens is 1. The molecule has 1 aromatic carbocycles. The summed E-state index contributed by atoms with van der Waals surface area (Å²) in [6, 6.07) is 12.1. The van der Waals surface area contributed by atoms with Crippen molar-refractivity contribution in [2.75, 3.05) is 12.4 Å². The van der Waals surface area contributed by atoms with E-state index in [4.69, 9.17) is 20.9 Å². The van der Waals surface area contributed by atoms with Gasteiger partial charge in [0.2, 0.25) is 11.6 Å². The summed E-state index contributed by atoms with van der Waals surface area (Å²) in [4.78, 5) is 16.5. The van der Waals surface area contributed by atoms with Gasteiger partial charge in [0.25, 0.3) is 5.91 Å². The summed E-state index contributed by atoms with van der Waals surface area (Å²) in [5, 5.41) is 7.23. The Hall–Kier alpha value is -2.86. The van der Waals surface area contributed by atoms with Gasteiger partial charge in [0.1, 0.15) is 5.69 Å². The van der Waals surface area contributed by atoms with Crippen molar-refractivity contribution in [1.82, 2.24) is 10.1 Å². The lowest BCUT2D eigenvalue weighted by molar-refractivity contribution is 0.0988. The molecule has 0 spiro atoms. The van der Waals surface area contributed by atoms with Crippen LogP contribution in [0.25, 0.3) is 11.3 Å². The molecule has 1 amide bonds. The van der Waals surface area contributed by atoms with E-state index in [-0.39, 0.29) is 5.76 Å². The third kappa shape index (κ3) is 3.38. The molecule has 0 bridgehead atoms. The molecule has 0 saturated carbocycles. The predicted octanol–water partition coefficient (Wildman–Crippen LogP) is 3.96. The first-order chi connectivity index (χ1) is 11.6. The molecule has 3 aromatic rings. The molecule has 1 N–H and O–H groups in total. The number of benzene rings is 1. The van der Waals surface area contributed by atoms with E-state index in [1.54, 1.807) is 43.3 Å². The highest BCUT2D eigenvalue weighted by Gasteiger charge is 2.15. The lowest BCUT2D eigenvalue weighted by atomic mass is 10.1. The Morgan fingerprint density at radius 2 is 2.08 bits per heavy atom. The van der Waals surface area contributed by atoms with Crippen molar-refractivity contribution >= 4 is 23.2 Å². The largest absolute Gasteiger partial charge is 0.481 e. The number of methoxy groups -OCH3 is 1. The summed E-state index contributed by atoms with van der Waals surface area (Å²) >= 11 is 5.96. The van der Waals surface area contributed by atoms with E-state index in [1.165, 1.54) is 7.11 Å². The van der Waals surface area contributed by atoms with E-state index in [2.05, 4.69) is 15.5 Å². The number of hydrogen-bond acceptors (Lipinski definition) is 5. The molecule has 0 aliphatic carbocycles. The van der Waals surface area contributed by atoms with Crippen LogP contribution in [0.5, 0.6) is 5.88 Å². The zero-order valence-electron chi connectivity index (χ0n) is 13.0. The van der Waals surface area contributed by atoms with E-state index < -0.39 is 5.91 Å². The third-order valence-electron chi connectivity index (χ3n) is 3.37. The normalized spacial score (nSPS) is 10.5. The number of rotatable bonds is 4. The molecule has 0 saturated heterocycles. The van der Waals surface area contributed by atoms with Gasteiger partial charge in [-0.05, 0) is 25.1 Å². The zero-order chi connectivity index (χ0) is 17.1. The molecule has 0 atom stereocenters. The number of carbonyl (C=O) groups excluding carboxylic acids is 1. The first kappa shape index (κ1) is 16.0. The number of amides is 1. The second-order valence-electron chi connectivity index (χ2n) is 5.03. The highest BCUT2D eigenvalue weighted by Crippen LogP contribution is 2.23. The van der Waals surface area contributed by atoms with E-state index in [1.807, 2.05) is 6.07 Å². The van der Waals surface area contributed by atoms with Crippen molar-refractivity contribution in [1.29, 1.82) is 0 Å². The predicted molar refractivity (Wildman–Crippen MR) is 90.4 cm³/mol. The first-order valence-electron chi connectivity index (χ1n) is 7.12. The highest BCUT2D eigenvalue weighted by atomic mass is 35.5. The van der Waals surface area contributed by atoms with E-state index in [0.717, 1.165) is 5.56 Å². The Morgan fingerprint density at radius 3 is 2.79 bits per heavy atom. The van der Waals surface area contributed by atoms with Crippen LogP contribution in [0.15, 0.2) is 47.0 Å². The summed E-state index contributed by atoms with van der Waals surface area (Å²) in [5.74, 6) is 0.166. The van der Waals surface area contributed by atoms with Gasteiger partial charge in [-0.3, -0.25) is 4.79 Å². The lowest BCUT2D eigenvalue weighted by Gasteiger charge is -2.07. The summed E-state index contributed by atoms with van der Waals surface area (Å²) in [5.41, 5.74) is 2.51. The molecule has 3 rings (SSSR count). The van der Waals surface area contributed by atoms with Gasteiger partial charge in [-0.2, -0.15) is 0 Å². The van der Waals surface area contributed by atoms with Crippen molar-refractivity contribution in [3.05, 3.63) is 58.9 Å². The molecular weight excluding hydrogens is 330 g/mol. The number of aryl methyl sites for hydroxylation is 1. The first-order valence-corrected chi connectivity index (χ1v) is 7.50. The maximum Gasteiger partial charge on any atom is 0.294 e. The average Bonchev–Trinajstić information content (AvgIpc) is 3.07. The van der Waals surface area contributed by atoms with Gasteiger partial charge >= 0.3 is 0 Å². The third-order valence-corrected chi connectivity index (χ3v) is 3.61. The second-order valence-corrected chi connectivity index (χ2v) is 5.46. The van der Waals surface area contributed by atoms with Crippen LogP contribution in [0.2, 0.25) is 5.02 Å². The van der Waals surface area contributed by atoms with Gasteiger partial charge in [-0.1, -0.05) is 28.9 Å². The molecule has 0 radical (unpaired) electrons. The van der Waals surface area contributed by atoms with Crippen LogP contribution in [-0.2, 0) is 0 Å². The minimum atomic E-state index is -0.411. The van der Waals surface area contributed by atoms with Crippen molar-refractivity contribution in [3.8, 4) is 17.1 Å². The van der Waals surface area contributed by atoms with Gasteiger partial charge < -0.3 is 14.6 Å². The average molecular weight is 344 g/mol. The molecular formula is C17H14ClN3O3. The fourth-order valence-corrected chi connectivity index (χ4v) is 2.32. The number of aromatic nitrogens is 2. The standard InChI is InChI=1S/C17H14ClN3O3/c1-10-13(6-7-16(19-10)23-2)20-17(22)15-9-14(21-24-15)11-4-3-5-12(18)8-11/h3-9H,1-2H3,(H,20,22). The Morgan fingerprint density at radius 1 is 1.25 bits per heavy atom. The molecule has 0 aliphatic rings. The van der Waals surface area contributed by atoms with Crippen LogP contribution in [-0.4, -0.2) is 23.2 Å². The molecule has 2 aromatic heterocycles. The van der Waals surface area contributed by atoms with Crippen molar-refractivity contribution in [2.24, 2.45) is 0 Å². The van der Waals surface area contributed by atoms with Crippen LogP contribution in [0.4, 0.5) is 5.69 Å². The van der Waals surface area contributed by atoms with Crippen molar-refractivity contribution < 1.29 is 14.1 Å². The number of carbonyl (C=O) groups is 1. The number of hydrogen-bond donors (Lipinski definition) is 1. The molecule has 24 heavy (non-hydrogen) atoms. The summed E-state index contributed by atoms with van der Waals surface area (Å²) in [6.07, 6.45) is 0. The van der Waals surface area contributed by atoms with Crippen LogP contribution >= 0.6 is 11.6 Å². The van der Waals surface area contributed by atoms with Crippen LogP contribution in [0.1, 0.15) is 16.2 Å². The topological polar surface area (TPSA) is 77.2 Å². The van der Waals surface area contributed by atoms with Gasteiger partial charge in [0, 0.05) is 22.7 Å². The van der Waals surface area contributed by atoms with E-state index >= 15 is 0 Å². The number of nitrogens with zero attached hydrogens (tertiary/aromatic N) is 2. The quantitative estimate of drug-likeness (QED) is 0.775. The molecule has 0 unspecified atom stereocenters. The molecule has 0 fully saturated rings. The van der Waals surface area contributed by atoms with Gasteiger partial charge in [0.15, 0.2) is 0 Å². The SMILES string of the molecule is COc1ccc(NC(=O)c2cc(-c3cccc(Cl)c3)no2)c(C)n1. The minimum absolute atomic E-state index is 0.0974. The molecule has 0 aliphatic heterocycles. The summed E-state index contributed by atoms with van der Waals surface area (Å²) in [7, 11) is 1.53. The maximum absolute atomic E-state index is 12.3. The Bertz CT molecular complexity index is 892. The monoisotopic (exact) mass is 343 g/mol. The van der Waals surface area contributed by atoms with Gasteiger partial charge in [-0.15, -0.1) is 0 Å². The number of nitrogens with one attached hydrogen (secondary N) is 1. The smallest absolute Gasteiger partial charge is 0.294 e. The Labute approximate surface area is 143 Å². The minimum Gasteiger partial charge on any atom is -0.481 e. The fraction of sp³-hybridized carbons (Fsp3) is 0.118. The van der Waals surface area contributed by atoms with Crippen LogP contribution in [0.3, 0.4) is 0 Å². The summed E-state index contributed by atoms with van der Waals surface area (Å²) < 4.78 is 10.2. The molecule has 122 valence electrons. The van der Waals surface area contributed by atoms with Crippen LogP contribution in [0, 0.1) is 6.92 Å². The molecule has 7 heteroatoms. The van der Waals surface area contributed by atoms with Crippen molar-refractivity contribution in [2.45, 2.75) is 6.92 Å². The van der Waals surface area contributed by atoms with Crippen molar-refractivity contribution in [3.63, 3.8) is 0 Å². The van der Waals surface area contributed by atoms with Crippen LogP contribution < -0.4 is 10.1 Å². The summed E-state index contributed by atoms with van der Waals surface area (Å²) in [6.45, 7) is 1.77. The maximum atomic E-state index is 12.3. The van der Waals surface area contributed by atoms with E-state index in [9.17, 15) is 4.79 Å². The fourth-order valence-electron chi connectivity index (χ4n) is 2.13. The molecule has 6 nitrogen and oxygen atoms in total. The van der Waals surface area contributed by atoms with E-state index in [0.29, 0.717) is 28.0 Å². The second kappa shape index (κ2) is 6.72. The highest BCUT2D eigenvalue weighted by molar-refractivity contribution is 6.30. The Balaban J connectivity index is 1.79.